The van der Waals surface area contributed by atoms with Crippen molar-refractivity contribution in [2.24, 2.45) is 23.7 Å². The quantitative estimate of drug-likeness (QED) is 0.315. The van der Waals surface area contributed by atoms with Gasteiger partial charge in [-0.05, 0) is 107 Å². The first-order valence-electron chi connectivity index (χ1n) is 14.0. The first-order chi connectivity index (χ1) is 18.3. The zero-order chi connectivity index (χ0) is 26.4. The van der Waals surface area contributed by atoms with Crippen molar-refractivity contribution in [1.82, 2.24) is 0 Å². The first-order valence-corrected chi connectivity index (χ1v) is 16.5. The van der Waals surface area contributed by atoms with Gasteiger partial charge in [-0.25, -0.2) is 0 Å². The van der Waals surface area contributed by atoms with Crippen LogP contribution in [-0.4, -0.2) is 22.2 Å². The topological polar surface area (TPSA) is 35.5 Å². The van der Waals surface area contributed by atoms with E-state index in [1.807, 2.05) is 12.1 Å². The summed E-state index contributed by atoms with van der Waals surface area (Å²) in [6, 6.07) is 25.4. The van der Waals surface area contributed by atoms with E-state index < -0.39 is 23.5 Å². The van der Waals surface area contributed by atoms with Crippen molar-refractivity contribution < 1.29 is 13.7 Å². The molecule has 4 aliphatic rings. The number of benzene rings is 3. The molecular formula is C33H39O3PS. The van der Waals surface area contributed by atoms with Crippen molar-refractivity contribution in [2.75, 3.05) is 7.11 Å². The molecule has 5 heteroatoms. The van der Waals surface area contributed by atoms with Crippen LogP contribution < -0.4 is 25.4 Å². The fourth-order valence-electron chi connectivity index (χ4n) is 7.27. The highest BCUT2D eigenvalue weighted by atomic mass is 32.2. The highest BCUT2D eigenvalue weighted by Crippen LogP contribution is 2.55. The Balaban J connectivity index is 1.56. The van der Waals surface area contributed by atoms with Crippen LogP contribution in [0.2, 0.25) is 0 Å². The molecule has 0 amide bonds. The number of methoxy groups -OCH3 is 1. The summed E-state index contributed by atoms with van der Waals surface area (Å²) < 4.78 is 27.0. The maximum atomic E-state index is 14.2. The zero-order valence-electron chi connectivity index (χ0n) is 22.9. The monoisotopic (exact) mass is 546 g/mol. The third kappa shape index (κ3) is 4.84. The Morgan fingerprint density at radius 2 is 1.29 bits per heavy atom. The molecular weight excluding hydrogens is 507 g/mol. The second kappa shape index (κ2) is 10.4. The van der Waals surface area contributed by atoms with Gasteiger partial charge in [0.2, 0.25) is 0 Å². The average Bonchev–Trinajstić information content (AvgIpc) is 2.91. The van der Waals surface area contributed by atoms with Crippen molar-refractivity contribution >= 4 is 34.6 Å². The van der Waals surface area contributed by atoms with Crippen LogP contribution in [0, 0.1) is 23.7 Å². The highest BCUT2D eigenvalue weighted by Gasteiger charge is 2.50. The van der Waals surface area contributed by atoms with Crippen molar-refractivity contribution in [2.45, 2.75) is 68.6 Å². The largest absolute Gasteiger partial charge is 0.493 e. The van der Waals surface area contributed by atoms with E-state index >= 15 is 0 Å². The highest BCUT2D eigenvalue weighted by molar-refractivity contribution is 7.88. The van der Waals surface area contributed by atoms with Gasteiger partial charge in [-0.1, -0.05) is 60.7 Å². The summed E-state index contributed by atoms with van der Waals surface area (Å²) >= 11 is 0. The molecule has 0 N–H and O–H groups in total. The van der Waals surface area contributed by atoms with E-state index in [1.165, 1.54) is 42.7 Å². The summed E-state index contributed by atoms with van der Waals surface area (Å²) in [5.74, 6) is 4.55. The maximum Gasteiger partial charge on any atom is 0.171 e. The van der Waals surface area contributed by atoms with Crippen molar-refractivity contribution in [3.8, 4) is 11.5 Å². The van der Waals surface area contributed by atoms with Crippen LogP contribution in [0.1, 0.15) is 52.9 Å². The van der Waals surface area contributed by atoms with Gasteiger partial charge in [-0.2, -0.15) is 0 Å². The minimum absolute atomic E-state index is 0.206. The summed E-state index contributed by atoms with van der Waals surface area (Å²) in [7, 11) is -0.527. The standard InChI is InChI=1S/C33H39O3PS/c1-33(2,3)38(34)29-16-15-28(35-4)31(36-30-24-18-22-17-23(20-24)21-25(30)19-22)32(29)37(26-11-7-5-8-12-26)27-13-9-6-10-14-27/h5-16,22-25,30H,17-21H2,1-4H3/t22?,23?,24?,25?,30?,38-/m0/s1. The predicted molar refractivity (Wildman–Crippen MR) is 159 cm³/mol. The van der Waals surface area contributed by atoms with Gasteiger partial charge in [-0.3, -0.25) is 4.21 Å². The number of hydrogen-bond donors (Lipinski definition) is 0. The molecule has 0 radical (unpaired) electrons. The SMILES string of the molecule is COc1ccc([S@](=O)C(C)(C)C)c(P(c2ccccc2)c2ccccc2)c1OC1C2CC3CC(C2)CC1C3. The second-order valence-corrected chi connectivity index (χ2v) is 16.7. The molecule has 0 aromatic heterocycles. The molecule has 200 valence electrons. The molecule has 3 nitrogen and oxygen atoms in total. The first kappa shape index (κ1) is 26.1. The van der Waals surface area contributed by atoms with Gasteiger partial charge in [0.25, 0.3) is 0 Å². The van der Waals surface area contributed by atoms with Crippen LogP contribution in [0.3, 0.4) is 0 Å². The van der Waals surface area contributed by atoms with Crippen LogP contribution in [0.15, 0.2) is 77.7 Å². The van der Waals surface area contributed by atoms with Gasteiger partial charge < -0.3 is 9.47 Å². The molecule has 3 aromatic carbocycles. The Kier molecular flexibility index (Phi) is 7.16. The molecule has 4 fully saturated rings. The van der Waals surface area contributed by atoms with Gasteiger partial charge >= 0.3 is 0 Å². The summed E-state index contributed by atoms with van der Waals surface area (Å²) in [6.07, 6.45) is 6.77. The minimum Gasteiger partial charge on any atom is -0.493 e. The third-order valence-corrected chi connectivity index (χ3v) is 13.2. The van der Waals surface area contributed by atoms with Crippen molar-refractivity contribution in [3.05, 3.63) is 72.8 Å². The number of hydrogen-bond acceptors (Lipinski definition) is 3. The van der Waals surface area contributed by atoms with Gasteiger partial charge in [0.05, 0.1) is 22.8 Å². The predicted octanol–water partition coefficient (Wildman–Crippen LogP) is 6.56. The lowest BCUT2D eigenvalue weighted by molar-refractivity contribution is -0.0792. The minimum atomic E-state index is -1.23. The lowest BCUT2D eigenvalue weighted by Crippen LogP contribution is -2.51. The molecule has 0 saturated heterocycles. The Morgan fingerprint density at radius 3 is 1.76 bits per heavy atom. The molecule has 0 unspecified atom stereocenters. The molecule has 0 aliphatic heterocycles. The zero-order valence-corrected chi connectivity index (χ0v) is 24.6. The Bertz CT molecular complexity index is 1230. The second-order valence-electron chi connectivity index (χ2n) is 12.3. The molecule has 0 spiro atoms. The number of rotatable bonds is 7. The van der Waals surface area contributed by atoms with Crippen LogP contribution in [0.25, 0.3) is 0 Å². The smallest absolute Gasteiger partial charge is 0.171 e. The van der Waals surface area contributed by atoms with Gasteiger partial charge in [0.15, 0.2) is 11.5 Å². The van der Waals surface area contributed by atoms with Gasteiger partial charge in [0, 0.05) is 10.1 Å². The van der Waals surface area contributed by atoms with Gasteiger partial charge in [0.1, 0.15) is 6.10 Å². The summed E-state index contributed by atoms with van der Waals surface area (Å²) in [6.45, 7) is 6.17. The van der Waals surface area contributed by atoms with Crippen LogP contribution in [-0.2, 0) is 10.8 Å². The molecule has 0 heterocycles. The summed E-state index contributed by atoms with van der Waals surface area (Å²) in [5.41, 5.74) is 0. The number of ether oxygens (including phenoxy) is 2. The van der Waals surface area contributed by atoms with Crippen LogP contribution in [0.5, 0.6) is 11.5 Å². The van der Waals surface area contributed by atoms with Crippen molar-refractivity contribution in [1.29, 1.82) is 0 Å². The summed E-state index contributed by atoms with van der Waals surface area (Å²) in [4.78, 5) is 0.871. The Hall–Kier alpha value is -2.16. The van der Waals surface area contributed by atoms with Crippen LogP contribution >= 0.6 is 7.92 Å². The molecule has 1 atom stereocenters. The van der Waals surface area contributed by atoms with E-state index in [2.05, 4.69) is 81.4 Å². The van der Waals surface area contributed by atoms with E-state index in [4.69, 9.17) is 9.47 Å². The molecule has 38 heavy (non-hydrogen) atoms. The third-order valence-electron chi connectivity index (χ3n) is 8.68. The fourth-order valence-corrected chi connectivity index (χ4v) is 11.3. The van der Waals surface area contributed by atoms with Crippen molar-refractivity contribution in [3.63, 3.8) is 0 Å². The average molecular weight is 547 g/mol. The lowest BCUT2D eigenvalue weighted by Gasteiger charge is -2.54. The summed E-state index contributed by atoms with van der Waals surface area (Å²) in [5, 5.41) is 3.51. The Morgan fingerprint density at radius 1 is 0.763 bits per heavy atom. The van der Waals surface area contributed by atoms with E-state index in [-0.39, 0.29) is 6.10 Å². The maximum absolute atomic E-state index is 14.2. The molecule has 7 rings (SSSR count). The Labute approximate surface area is 231 Å². The molecule has 4 aliphatic carbocycles. The lowest BCUT2D eigenvalue weighted by atomic mass is 9.55. The van der Waals surface area contributed by atoms with Crippen LogP contribution in [0.4, 0.5) is 0 Å². The van der Waals surface area contributed by atoms with E-state index in [9.17, 15) is 4.21 Å². The molecule has 4 saturated carbocycles. The van der Waals surface area contributed by atoms with E-state index in [0.29, 0.717) is 11.8 Å². The molecule has 3 aromatic rings. The molecule has 4 bridgehead atoms. The normalized spacial score (nSPS) is 26.9. The van der Waals surface area contributed by atoms with Gasteiger partial charge in [-0.15, -0.1) is 0 Å². The van der Waals surface area contributed by atoms with E-state index in [0.717, 1.165) is 33.5 Å². The fraction of sp³-hybridized carbons (Fsp3) is 0.455. The van der Waals surface area contributed by atoms with E-state index in [1.54, 1.807) is 7.11 Å².